The van der Waals surface area contributed by atoms with Crippen molar-refractivity contribution in [3.63, 3.8) is 0 Å². The van der Waals surface area contributed by atoms with Crippen LogP contribution < -0.4 is 27.0 Å². The topological polar surface area (TPSA) is 180 Å². The maximum absolute atomic E-state index is 12.8. The summed E-state index contributed by atoms with van der Waals surface area (Å²) in [5.74, 6) is -3.39. The van der Waals surface area contributed by atoms with E-state index < -0.39 is 59.8 Å². The van der Waals surface area contributed by atoms with Crippen LogP contribution in [0, 0.1) is 11.8 Å². The van der Waals surface area contributed by atoms with E-state index in [-0.39, 0.29) is 17.6 Å². The average Bonchev–Trinajstić information content (AvgIpc) is 2.69. The molecule has 4 amide bonds. The summed E-state index contributed by atoms with van der Waals surface area (Å²) < 4.78 is 0. The normalized spacial score (nSPS) is 15.7. The molecule has 0 aliphatic heterocycles. The second-order valence-corrected chi connectivity index (χ2v) is 9.33. The number of carboxylic acids is 1. The molecule has 0 bridgehead atoms. The van der Waals surface area contributed by atoms with Gasteiger partial charge in [0.1, 0.15) is 24.2 Å². The summed E-state index contributed by atoms with van der Waals surface area (Å²) in [6, 6.07) is -4.87. The minimum absolute atomic E-state index is 0.0873. The van der Waals surface area contributed by atoms with Crippen molar-refractivity contribution in [3.05, 3.63) is 0 Å². The highest BCUT2D eigenvalue weighted by Crippen LogP contribution is 2.08. The molecule has 0 aliphatic rings. The molecule has 0 heterocycles. The molecule has 0 rings (SSSR count). The largest absolute Gasteiger partial charge is 0.480 e. The van der Waals surface area contributed by atoms with Crippen LogP contribution in [0.1, 0.15) is 54.4 Å². The van der Waals surface area contributed by atoms with Gasteiger partial charge < -0.3 is 32.1 Å². The monoisotopic (exact) mass is 489 g/mol. The number of rotatable bonds is 14. The van der Waals surface area contributed by atoms with Crippen molar-refractivity contribution in [1.29, 1.82) is 0 Å². The minimum atomic E-state index is -1.25. The molecule has 0 saturated carbocycles. The molecule has 5 atom stereocenters. The van der Waals surface area contributed by atoms with Gasteiger partial charge in [0.2, 0.25) is 23.6 Å². The lowest BCUT2D eigenvalue weighted by molar-refractivity contribution is -0.141. The van der Waals surface area contributed by atoms with Gasteiger partial charge in [-0.2, -0.15) is 12.6 Å². The molecule has 0 saturated heterocycles. The van der Waals surface area contributed by atoms with Crippen molar-refractivity contribution in [2.24, 2.45) is 17.6 Å². The predicted molar refractivity (Wildman–Crippen MR) is 127 cm³/mol. The first-order valence-corrected chi connectivity index (χ1v) is 11.6. The zero-order chi connectivity index (χ0) is 25.9. The number of hydrogen-bond donors (Lipinski definition) is 7. The number of carbonyl (C=O) groups excluding carboxylic acids is 4. The summed E-state index contributed by atoms with van der Waals surface area (Å²) in [6.07, 6.45) is 0.815. The number of amides is 4. The molecule has 0 fully saturated rings. The van der Waals surface area contributed by atoms with Crippen LogP contribution in [0.2, 0.25) is 0 Å². The maximum Gasteiger partial charge on any atom is 0.327 e. The second kappa shape index (κ2) is 14.7. The van der Waals surface area contributed by atoms with Gasteiger partial charge >= 0.3 is 5.97 Å². The summed E-state index contributed by atoms with van der Waals surface area (Å²) in [6.45, 7) is 10.5. The van der Waals surface area contributed by atoms with Crippen molar-refractivity contribution in [3.8, 4) is 0 Å². The average molecular weight is 490 g/mol. The number of aliphatic carboxylic acids is 1. The molecule has 33 heavy (non-hydrogen) atoms. The zero-order valence-electron chi connectivity index (χ0n) is 20.2. The molecule has 0 aromatic rings. The molecule has 0 aromatic carbocycles. The van der Waals surface area contributed by atoms with E-state index >= 15 is 0 Å². The molecule has 0 spiro atoms. The van der Waals surface area contributed by atoms with Crippen molar-refractivity contribution < 1.29 is 29.1 Å². The molecule has 0 aromatic heterocycles. The minimum Gasteiger partial charge on any atom is -0.480 e. The molecule has 11 nitrogen and oxygen atoms in total. The fourth-order valence-electron chi connectivity index (χ4n) is 2.86. The van der Waals surface area contributed by atoms with E-state index in [1.165, 1.54) is 13.8 Å². The van der Waals surface area contributed by atoms with Gasteiger partial charge in [-0.05, 0) is 38.5 Å². The van der Waals surface area contributed by atoms with Crippen LogP contribution in [-0.4, -0.2) is 70.7 Å². The number of hydrogen-bond acceptors (Lipinski definition) is 7. The number of nitrogens with one attached hydrogen (secondary N) is 4. The van der Waals surface area contributed by atoms with E-state index in [0.717, 1.165) is 0 Å². The Labute approximate surface area is 200 Å². The van der Waals surface area contributed by atoms with Gasteiger partial charge in [0.05, 0.1) is 6.04 Å². The third-order valence-corrected chi connectivity index (χ3v) is 5.07. The molecular weight excluding hydrogens is 450 g/mol. The van der Waals surface area contributed by atoms with E-state index in [1.54, 1.807) is 0 Å². The van der Waals surface area contributed by atoms with Crippen LogP contribution in [0.25, 0.3) is 0 Å². The molecule has 190 valence electrons. The Hall–Kier alpha value is -2.34. The highest BCUT2D eigenvalue weighted by Gasteiger charge is 2.29. The lowest BCUT2D eigenvalue weighted by Crippen LogP contribution is -2.57. The van der Waals surface area contributed by atoms with Crippen LogP contribution in [0.5, 0.6) is 0 Å². The standard InChI is InChI=1S/C21H39N5O6S/c1-10(2)7-14(22)19(29)25-15(8-11(3)4)20(30)24-12(5)17(27)23-13(6)18(28)26-16(9-33)21(31)32/h10-16,33H,7-9,22H2,1-6H3,(H,23,27)(H,24,30)(H,25,29)(H,26,28)(H,31,32)/t12-,13-,14-,15-,16-/m0/s1. The van der Waals surface area contributed by atoms with Gasteiger partial charge in [0, 0.05) is 5.75 Å². The van der Waals surface area contributed by atoms with Gasteiger partial charge in [-0.3, -0.25) is 19.2 Å². The van der Waals surface area contributed by atoms with E-state index in [0.29, 0.717) is 12.8 Å². The highest BCUT2D eigenvalue weighted by atomic mass is 32.1. The van der Waals surface area contributed by atoms with Gasteiger partial charge in [-0.15, -0.1) is 0 Å². The Morgan fingerprint density at radius 1 is 0.697 bits per heavy atom. The lowest BCUT2D eigenvalue weighted by atomic mass is 10.0. The third-order valence-electron chi connectivity index (χ3n) is 4.70. The van der Waals surface area contributed by atoms with Crippen molar-refractivity contribution in [1.82, 2.24) is 21.3 Å². The van der Waals surface area contributed by atoms with E-state index in [2.05, 4.69) is 33.9 Å². The van der Waals surface area contributed by atoms with Gasteiger partial charge in [-0.1, -0.05) is 27.7 Å². The van der Waals surface area contributed by atoms with Crippen LogP contribution in [0.3, 0.4) is 0 Å². The summed E-state index contributed by atoms with van der Waals surface area (Å²) in [5.41, 5.74) is 5.91. The predicted octanol–water partition coefficient (Wildman–Crippen LogP) is -0.601. The number of nitrogens with two attached hydrogens (primary N) is 1. The first-order chi connectivity index (χ1) is 15.2. The summed E-state index contributed by atoms with van der Waals surface area (Å²) in [7, 11) is 0. The lowest BCUT2D eigenvalue weighted by Gasteiger charge is -2.25. The molecular formula is C21H39N5O6S. The highest BCUT2D eigenvalue weighted by molar-refractivity contribution is 7.80. The zero-order valence-corrected chi connectivity index (χ0v) is 21.1. The van der Waals surface area contributed by atoms with Gasteiger partial charge in [0.25, 0.3) is 0 Å². The second-order valence-electron chi connectivity index (χ2n) is 8.97. The van der Waals surface area contributed by atoms with Crippen LogP contribution in [-0.2, 0) is 24.0 Å². The van der Waals surface area contributed by atoms with Crippen molar-refractivity contribution >= 4 is 42.2 Å². The maximum atomic E-state index is 12.8. The van der Waals surface area contributed by atoms with E-state index in [9.17, 15) is 24.0 Å². The summed E-state index contributed by atoms with van der Waals surface area (Å²) >= 11 is 3.86. The van der Waals surface area contributed by atoms with Gasteiger partial charge in [0.15, 0.2) is 0 Å². The Kier molecular flexibility index (Phi) is 13.7. The third kappa shape index (κ3) is 11.9. The fraction of sp³-hybridized carbons (Fsp3) is 0.762. The van der Waals surface area contributed by atoms with Crippen LogP contribution in [0.4, 0.5) is 0 Å². The van der Waals surface area contributed by atoms with Crippen LogP contribution >= 0.6 is 12.6 Å². The molecule has 0 unspecified atom stereocenters. The number of carbonyl (C=O) groups is 5. The fourth-order valence-corrected chi connectivity index (χ4v) is 3.11. The molecule has 12 heteroatoms. The van der Waals surface area contributed by atoms with E-state index in [1.807, 2.05) is 27.7 Å². The molecule has 7 N–H and O–H groups in total. The first kappa shape index (κ1) is 30.7. The smallest absolute Gasteiger partial charge is 0.327 e. The quantitative estimate of drug-likeness (QED) is 0.159. The summed E-state index contributed by atoms with van der Waals surface area (Å²) in [5, 5.41) is 18.9. The van der Waals surface area contributed by atoms with Crippen molar-refractivity contribution in [2.75, 3.05) is 5.75 Å². The number of carboxylic acid groups (broad SMARTS) is 1. The van der Waals surface area contributed by atoms with E-state index in [4.69, 9.17) is 10.8 Å². The van der Waals surface area contributed by atoms with Gasteiger partial charge in [-0.25, -0.2) is 4.79 Å². The van der Waals surface area contributed by atoms with Crippen LogP contribution in [0.15, 0.2) is 0 Å². The SMILES string of the molecule is CC(C)C[C@H](NC(=O)[C@@H](N)CC(C)C)C(=O)N[C@@H](C)C(=O)N[C@@H](C)C(=O)N[C@@H](CS)C(=O)O. The Morgan fingerprint density at radius 2 is 1.12 bits per heavy atom. The summed E-state index contributed by atoms with van der Waals surface area (Å²) in [4.78, 5) is 60.7. The number of thiol groups is 1. The molecule has 0 radical (unpaired) electrons. The Bertz CT molecular complexity index is 703. The molecule has 0 aliphatic carbocycles. The first-order valence-electron chi connectivity index (χ1n) is 11.0. The Morgan fingerprint density at radius 3 is 1.55 bits per heavy atom. The Balaban J connectivity index is 5.01. The van der Waals surface area contributed by atoms with Crippen molar-refractivity contribution in [2.45, 2.75) is 84.6 Å².